The second-order valence-corrected chi connectivity index (χ2v) is 5.92. The standard InChI is InChI=1S/C14H13NO5S2/c1-19-9-3-4-10(20-2)8(5-9)6-11-13(18)15(7-12(16)17)14(21)22-11/h3-6H,7H2,1-2H3,(H,16,17)/p-1. The van der Waals surface area contributed by atoms with E-state index in [0.717, 1.165) is 16.7 Å². The van der Waals surface area contributed by atoms with Crippen molar-refractivity contribution in [2.75, 3.05) is 20.8 Å². The molecule has 0 aromatic heterocycles. The van der Waals surface area contributed by atoms with E-state index >= 15 is 0 Å². The molecule has 116 valence electrons. The fourth-order valence-electron chi connectivity index (χ4n) is 1.86. The number of carbonyl (C=O) groups excluding carboxylic acids is 2. The highest BCUT2D eigenvalue weighted by Gasteiger charge is 2.32. The molecular weight excluding hydrogens is 326 g/mol. The Morgan fingerprint density at radius 3 is 2.73 bits per heavy atom. The molecule has 1 aromatic rings. The van der Waals surface area contributed by atoms with Crippen LogP contribution < -0.4 is 14.6 Å². The first-order valence-electron chi connectivity index (χ1n) is 6.13. The van der Waals surface area contributed by atoms with Crippen molar-refractivity contribution < 1.29 is 24.2 Å². The van der Waals surface area contributed by atoms with Gasteiger partial charge in [0.1, 0.15) is 15.8 Å². The molecule has 22 heavy (non-hydrogen) atoms. The zero-order valence-corrected chi connectivity index (χ0v) is 13.5. The lowest BCUT2D eigenvalue weighted by Crippen LogP contribution is -2.40. The first kappa shape index (κ1) is 16.3. The molecule has 0 radical (unpaired) electrons. The third-order valence-corrected chi connectivity index (χ3v) is 4.26. The maximum absolute atomic E-state index is 12.2. The fraction of sp³-hybridized carbons (Fsp3) is 0.214. The molecule has 0 aliphatic carbocycles. The van der Waals surface area contributed by atoms with Crippen molar-refractivity contribution in [3.8, 4) is 11.5 Å². The number of nitrogens with zero attached hydrogens (tertiary/aromatic N) is 1. The van der Waals surface area contributed by atoms with Crippen molar-refractivity contribution in [2.24, 2.45) is 0 Å². The molecule has 6 nitrogen and oxygen atoms in total. The number of amides is 1. The van der Waals surface area contributed by atoms with Gasteiger partial charge in [-0.1, -0.05) is 24.0 Å². The molecule has 1 aromatic carbocycles. The van der Waals surface area contributed by atoms with Gasteiger partial charge in [-0.2, -0.15) is 0 Å². The van der Waals surface area contributed by atoms with E-state index in [4.69, 9.17) is 21.7 Å². The number of thioether (sulfide) groups is 1. The van der Waals surface area contributed by atoms with Gasteiger partial charge in [0.25, 0.3) is 5.91 Å². The lowest BCUT2D eigenvalue weighted by atomic mass is 10.1. The van der Waals surface area contributed by atoms with Gasteiger partial charge in [-0.05, 0) is 24.3 Å². The minimum Gasteiger partial charge on any atom is -0.548 e. The van der Waals surface area contributed by atoms with Crippen LogP contribution in [0.2, 0.25) is 0 Å². The van der Waals surface area contributed by atoms with E-state index in [-0.39, 0.29) is 4.32 Å². The Kier molecular flexibility index (Phi) is 5.04. The van der Waals surface area contributed by atoms with Gasteiger partial charge in [-0.25, -0.2) is 0 Å². The van der Waals surface area contributed by atoms with Gasteiger partial charge in [-0.15, -0.1) is 0 Å². The van der Waals surface area contributed by atoms with Gasteiger partial charge in [0, 0.05) is 5.56 Å². The molecule has 0 saturated carbocycles. The summed E-state index contributed by atoms with van der Waals surface area (Å²) in [6.07, 6.45) is 1.59. The van der Waals surface area contributed by atoms with Gasteiger partial charge < -0.3 is 19.4 Å². The maximum atomic E-state index is 12.2. The highest BCUT2D eigenvalue weighted by molar-refractivity contribution is 8.26. The first-order valence-corrected chi connectivity index (χ1v) is 7.36. The molecule has 1 aliphatic rings. The van der Waals surface area contributed by atoms with Crippen LogP contribution in [0.4, 0.5) is 0 Å². The first-order chi connectivity index (χ1) is 10.5. The van der Waals surface area contributed by atoms with E-state index in [1.165, 1.54) is 14.2 Å². The fourth-order valence-corrected chi connectivity index (χ4v) is 3.10. The van der Waals surface area contributed by atoms with Crippen LogP contribution in [0.25, 0.3) is 6.08 Å². The largest absolute Gasteiger partial charge is 0.548 e. The average Bonchev–Trinajstić information content (AvgIpc) is 2.74. The number of carbonyl (C=O) groups is 2. The molecule has 0 unspecified atom stereocenters. The van der Waals surface area contributed by atoms with Crippen molar-refractivity contribution in [1.82, 2.24) is 4.90 Å². The number of hydrogen-bond acceptors (Lipinski definition) is 7. The molecule has 2 rings (SSSR count). The van der Waals surface area contributed by atoms with Gasteiger partial charge in [0.15, 0.2) is 0 Å². The number of carboxylic acid groups (broad SMARTS) is 1. The van der Waals surface area contributed by atoms with Crippen LogP contribution in [0.3, 0.4) is 0 Å². The van der Waals surface area contributed by atoms with Gasteiger partial charge in [-0.3, -0.25) is 9.69 Å². The van der Waals surface area contributed by atoms with Gasteiger partial charge >= 0.3 is 0 Å². The zero-order chi connectivity index (χ0) is 16.3. The zero-order valence-electron chi connectivity index (χ0n) is 11.8. The predicted molar refractivity (Wildman–Crippen MR) is 84.4 cm³/mol. The van der Waals surface area contributed by atoms with Crippen LogP contribution >= 0.6 is 24.0 Å². The number of ether oxygens (including phenoxy) is 2. The van der Waals surface area contributed by atoms with Crippen molar-refractivity contribution in [3.63, 3.8) is 0 Å². The van der Waals surface area contributed by atoms with E-state index in [0.29, 0.717) is 22.0 Å². The molecule has 8 heteroatoms. The van der Waals surface area contributed by atoms with Crippen molar-refractivity contribution in [1.29, 1.82) is 0 Å². The molecule has 0 N–H and O–H groups in total. The summed E-state index contributed by atoms with van der Waals surface area (Å²) >= 11 is 6.05. The molecule has 1 aliphatic heterocycles. The average molecular weight is 338 g/mol. The number of thiocarbonyl (C=S) groups is 1. The Labute approximate surface area is 136 Å². The lowest BCUT2D eigenvalue weighted by molar-refractivity contribution is -0.305. The lowest BCUT2D eigenvalue weighted by Gasteiger charge is -2.14. The number of rotatable bonds is 5. The molecule has 0 spiro atoms. The minimum atomic E-state index is -1.36. The van der Waals surface area contributed by atoms with Crippen molar-refractivity contribution >= 4 is 46.3 Å². The summed E-state index contributed by atoms with van der Waals surface area (Å²) in [4.78, 5) is 24.2. The normalized spacial score (nSPS) is 16.3. The van der Waals surface area contributed by atoms with Crippen LogP contribution in [-0.2, 0) is 9.59 Å². The molecule has 1 heterocycles. The molecular formula is C14H12NO5S2-. The van der Waals surface area contributed by atoms with Crippen molar-refractivity contribution in [2.45, 2.75) is 0 Å². The Balaban J connectivity index is 2.36. The second kappa shape index (κ2) is 6.80. The van der Waals surface area contributed by atoms with Gasteiger partial charge in [0.05, 0.1) is 31.6 Å². The van der Waals surface area contributed by atoms with E-state index in [1.54, 1.807) is 24.3 Å². The van der Waals surface area contributed by atoms with E-state index < -0.39 is 18.4 Å². The van der Waals surface area contributed by atoms with Crippen LogP contribution in [-0.4, -0.2) is 41.9 Å². The van der Waals surface area contributed by atoms with Gasteiger partial charge in [0.2, 0.25) is 0 Å². The molecule has 1 amide bonds. The minimum absolute atomic E-state index is 0.183. The molecule has 1 saturated heterocycles. The van der Waals surface area contributed by atoms with Crippen LogP contribution in [0.1, 0.15) is 5.56 Å². The summed E-state index contributed by atoms with van der Waals surface area (Å²) in [5.74, 6) is -0.663. The summed E-state index contributed by atoms with van der Waals surface area (Å²) < 4.78 is 10.6. The Morgan fingerprint density at radius 1 is 1.41 bits per heavy atom. The summed E-state index contributed by atoms with van der Waals surface area (Å²) in [6, 6.07) is 5.16. The van der Waals surface area contributed by atoms with Crippen LogP contribution in [0.15, 0.2) is 23.1 Å². The third kappa shape index (κ3) is 3.40. The van der Waals surface area contributed by atoms with E-state index in [1.807, 2.05) is 0 Å². The highest BCUT2D eigenvalue weighted by atomic mass is 32.2. The second-order valence-electron chi connectivity index (χ2n) is 4.25. The quantitative estimate of drug-likeness (QED) is 0.576. The number of methoxy groups -OCH3 is 2. The Bertz CT molecular complexity index is 671. The third-order valence-electron chi connectivity index (χ3n) is 2.88. The summed E-state index contributed by atoms with van der Waals surface area (Å²) in [5, 5.41) is 10.7. The van der Waals surface area contributed by atoms with E-state index in [9.17, 15) is 14.7 Å². The van der Waals surface area contributed by atoms with E-state index in [2.05, 4.69) is 0 Å². The van der Waals surface area contributed by atoms with Crippen molar-refractivity contribution in [3.05, 3.63) is 28.7 Å². The summed E-state index contributed by atoms with van der Waals surface area (Å²) in [7, 11) is 3.05. The summed E-state index contributed by atoms with van der Waals surface area (Å²) in [5.41, 5.74) is 0.635. The number of hydrogen-bond donors (Lipinski definition) is 0. The van der Waals surface area contributed by atoms with Crippen LogP contribution in [0.5, 0.6) is 11.5 Å². The number of carboxylic acids is 1. The number of benzene rings is 1. The monoisotopic (exact) mass is 338 g/mol. The molecule has 0 bridgehead atoms. The highest BCUT2D eigenvalue weighted by Crippen LogP contribution is 2.35. The number of aliphatic carboxylic acids is 1. The maximum Gasteiger partial charge on any atom is 0.266 e. The Hall–Kier alpha value is -2.06. The van der Waals surface area contributed by atoms with Crippen LogP contribution in [0, 0.1) is 0 Å². The smallest absolute Gasteiger partial charge is 0.266 e. The Morgan fingerprint density at radius 2 is 2.14 bits per heavy atom. The molecule has 1 fully saturated rings. The summed E-state index contributed by atoms with van der Waals surface area (Å²) in [6.45, 7) is -0.558. The molecule has 0 atom stereocenters. The SMILES string of the molecule is COc1ccc(OC)c(C=C2SC(=S)N(CC(=O)[O-])C2=O)c1. The topological polar surface area (TPSA) is 78.9 Å². The predicted octanol–water partition coefficient (Wildman–Crippen LogP) is 0.655.